The van der Waals surface area contributed by atoms with Gasteiger partial charge in [0.15, 0.2) is 0 Å². The maximum Gasteiger partial charge on any atom is 0.243 e. The van der Waals surface area contributed by atoms with Gasteiger partial charge in [0.05, 0.1) is 26.0 Å². The molecule has 0 amide bonds. The minimum Gasteiger partial charge on any atom is -0.496 e. The van der Waals surface area contributed by atoms with E-state index in [1.165, 1.54) is 58.0 Å². The molecule has 1 aliphatic heterocycles. The van der Waals surface area contributed by atoms with Crippen molar-refractivity contribution in [1.82, 2.24) is 20.1 Å². The first-order chi connectivity index (χ1) is 14.3. The van der Waals surface area contributed by atoms with Crippen molar-refractivity contribution >= 4 is 5.95 Å². The van der Waals surface area contributed by atoms with E-state index in [9.17, 15) is 0 Å². The van der Waals surface area contributed by atoms with Gasteiger partial charge >= 0.3 is 0 Å². The van der Waals surface area contributed by atoms with E-state index in [0.29, 0.717) is 23.1 Å². The summed E-state index contributed by atoms with van der Waals surface area (Å²) in [5.74, 6) is 1.96. The van der Waals surface area contributed by atoms with Crippen molar-refractivity contribution in [3.63, 3.8) is 0 Å². The summed E-state index contributed by atoms with van der Waals surface area (Å²) in [7, 11) is 3.29. The number of anilines is 1. The van der Waals surface area contributed by atoms with Crippen molar-refractivity contribution in [3.05, 3.63) is 24.4 Å². The van der Waals surface area contributed by atoms with Crippen LogP contribution in [0.3, 0.4) is 0 Å². The molecule has 1 aromatic carbocycles. The molecule has 2 fully saturated rings. The van der Waals surface area contributed by atoms with E-state index in [4.69, 9.17) is 14.5 Å². The molecule has 29 heavy (non-hydrogen) atoms. The fourth-order valence-corrected chi connectivity index (χ4v) is 4.85. The van der Waals surface area contributed by atoms with Crippen LogP contribution in [0, 0.1) is 0 Å². The summed E-state index contributed by atoms with van der Waals surface area (Å²) in [4.78, 5) is 7.44. The lowest BCUT2D eigenvalue weighted by Gasteiger charge is -2.43. The molecule has 0 bridgehead atoms. The number of likely N-dealkylation sites (tertiary alicyclic amines) is 1. The Kier molecular flexibility index (Phi) is 6.13. The lowest BCUT2D eigenvalue weighted by molar-refractivity contribution is 0.0807. The third-order valence-corrected chi connectivity index (χ3v) is 6.38. The molecule has 1 aliphatic carbocycles. The van der Waals surface area contributed by atoms with Crippen LogP contribution in [0.5, 0.6) is 11.5 Å². The SMILES string of the molecule is COc1cccc(OC)c1-c1cnnc(NCC2(N3CCCCC3)CCCC2)n1. The Hall–Kier alpha value is -2.41. The van der Waals surface area contributed by atoms with Gasteiger partial charge in [0, 0.05) is 12.1 Å². The number of methoxy groups -OCH3 is 2. The van der Waals surface area contributed by atoms with E-state index in [-0.39, 0.29) is 5.54 Å². The molecule has 0 unspecified atom stereocenters. The predicted molar refractivity (Wildman–Crippen MR) is 113 cm³/mol. The van der Waals surface area contributed by atoms with Gasteiger partial charge in [-0.2, -0.15) is 5.10 Å². The fourth-order valence-electron chi connectivity index (χ4n) is 4.85. The van der Waals surface area contributed by atoms with Crippen LogP contribution in [0.2, 0.25) is 0 Å². The van der Waals surface area contributed by atoms with Gasteiger partial charge in [-0.05, 0) is 50.9 Å². The third kappa shape index (κ3) is 4.15. The molecule has 0 atom stereocenters. The van der Waals surface area contributed by atoms with Crippen LogP contribution in [-0.4, -0.2) is 59.5 Å². The summed E-state index contributed by atoms with van der Waals surface area (Å²) in [5.41, 5.74) is 1.71. The Morgan fingerprint density at radius 3 is 2.34 bits per heavy atom. The van der Waals surface area contributed by atoms with Crippen molar-refractivity contribution in [1.29, 1.82) is 0 Å². The van der Waals surface area contributed by atoms with E-state index in [1.807, 2.05) is 18.2 Å². The molecule has 2 aromatic rings. The highest BCUT2D eigenvalue weighted by molar-refractivity contribution is 5.74. The first-order valence-corrected chi connectivity index (χ1v) is 10.7. The van der Waals surface area contributed by atoms with E-state index >= 15 is 0 Å². The van der Waals surface area contributed by atoms with E-state index in [2.05, 4.69) is 20.4 Å². The topological polar surface area (TPSA) is 72.4 Å². The standard InChI is InChI=1S/C22H31N5O2/c1-28-18-9-8-10-19(29-2)20(18)17-15-24-26-21(25-17)23-16-22(11-4-5-12-22)27-13-6-3-7-14-27/h8-10,15H,3-7,11-14,16H2,1-2H3,(H,23,25,26). The number of nitrogens with one attached hydrogen (secondary N) is 1. The van der Waals surface area contributed by atoms with Crippen molar-refractivity contribution in [2.45, 2.75) is 50.5 Å². The average Bonchev–Trinajstić information content (AvgIpc) is 3.28. The zero-order valence-electron chi connectivity index (χ0n) is 17.5. The number of nitrogens with zero attached hydrogens (tertiary/aromatic N) is 4. The molecule has 156 valence electrons. The van der Waals surface area contributed by atoms with Crippen LogP contribution in [0.1, 0.15) is 44.9 Å². The van der Waals surface area contributed by atoms with Crippen molar-refractivity contribution < 1.29 is 9.47 Å². The van der Waals surface area contributed by atoms with Gasteiger partial charge in [0.1, 0.15) is 17.2 Å². The lowest BCUT2D eigenvalue weighted by atomic mass is 9.92. The summed E-state index contributed by atoms with van der Waals surface area (Å²) in [5, 5.41) is 11.9. The summed E-state index contributed by atoms with van der Waals surface area (Å²) in [6.07, 6.45) is 10.7. The van der Waals surface area contributed by atoms with Crippen LogP contribution in [0.15, 0.2) is 24.4 Å². The highest BCUT2D eigenvalue weighted by Crippen LogP contribution is 2.38. The Labute approximate surface area is 172 Å². The van der Waals surface area contributed by atoms with Crippen LogP contribution in [0.25, 0.3) is 11.3 Å². The number of hydrogen-bond donors (Lipinski definition) is 1. The highest BCUT2D eigenvalue weighted by Gasteiger charge is 2.39. The molecule has 1 saturated heterocycles. The smallest absolute Gasteiger partial charge is 0.243 e. The second-order valence-electron chi connectivity index (χ2n) is 8.04. The highest BCUT2D eigenvalue weighted by atomic mass is 16.5. The first-order valence-electron chi connectivity index (χ1n) is 10.7. The molecule has 2 aliphatic rings. The normalized spacial score (nSPS) is 19.1. The molecule has 0 radical (unpaired) electrons. The number of hydrogen-bond acceptors (Lipinski definition) is 7. The van der Waals surface area contributed by atoms with Gasteiger partial charge < -0.3 is 14.8 Å². The second kappa shape index (κ2) is 8.95. The summed E-state index contributed by atoms with van der Waals surface area (Å²) >= 11 is 0. The second-order valence-corrected chi connectivity index (χ2v) is 8.04. The van der Waals surface area contributed by atoms with Gasteiger partial charge in [-0.15, -0.1) is 5.10 Å². The van der Waals surface area contributed by atoms with E-state index in [1.54, 1.807) is 20.4 Å². The maximum absolute atomic E-state index is 5.52. The number of aromatic nitrogens is 3. The van der Waals surface area contributed by atoms with Gasteiger partial charge in [-0.3, -0.25) is 4.90 Å². The Balaban J connectivity index is 1.55. The number of ether oxygens (including phenoxy) is 2. The summed E-state index contributed by atoms with van der Waals surface area (Å²) < 4.78 is 11.0. The maximum atomic E-state index is 5.52. The largest absolute Gasteiger partial charge is 0.496 e. The van der Waals surface area contributed by atoms with Crippen LogP contribution in [-0.2, 0) is 0 Å². The first kappa shape index (κ1) is 19.9. The molecular formula is C22H31N5O2. The molecule has 2 heterocycles. The molecule has 1 aromatic heterocycles. The molecular weight excluding hydrogens is 366 g/mol. The third-order valence-electron chi connectivity index (χ3n) is 6.38. The van der Waals surface area contributed by atoms with Crippen LogP contribution < -0.4 is 14.8 Å². The molecule has 7 heteroatoms. The van der Waals surface area contributed by atoms with E-state index < -0.39 is 0 Å². The van der Waals surface area contributed by atoms with Crippen molar-refractivity contribution in [2.75, 3.05) is 39.2 Å². The van der Waals surface area contributed by atoms with Crippen LogP contribution >= 0.6 is 0 Å². The minimum absolute atomic E-state index is 0.224. The Bertz CT molecular complexity index is 794. The zero-order chi connectivity index (χ0) is 20.1. The average molecular weight is 398 g/mol. The quantitative estimate of drug-likeness (QED) is 0.762. The van der Waals surface area contributed by atoms with Gasteiger partial charge in [-0.1, -0.05) is 25.3 Å². The molecule has 1 saturated carbocycles. The summed E-state index contributed by atoms with van der Waals surface area (Å²) in [6.45, 7) is 3.28. The minimum atomic E-state index is 0.224. The van der Waals surface area contributed by atoms with Gasteiger partial charge in [-0.25, -0.2) is 4.98 Å². The number of rotatable bonds is 7. The molecule has 1 N–H and O–H groups in total. The lowest BCUT2D eigenvalue weighted by Crippen LogP contribution is -2.53. The fraction of sp³-hybridized carbons (Fsp3) is 0.591. The monoisotopic (exact) mass is 397 g/mol. The van der Waals surface area contributed by atoms with Crippen molar-refractivity contribution in [2.24, 2.45) is 0 Å². The van der Waals surface area contributed by atoms with Gasteiger partial charge in [0.25, 0.3) is 0 Å². The Morgan fingerprint density at radius 2 is 1.69 bits per heavy atom. The molecule has 4 rings (SSSR count). The van der Waals surface area contributed by atoms with Crippen LogP contribution in [0.4, 0.5) is 5.95 Å². The van der Waals surface area contributed by atoms with Crippen molar-refractivity contribution in [3.8, 4) is 22.8 Å². The number of piperidine rings is 1. The van der Waals surface area contributed by atoms with E-state index in [0.717, 1.165) is 12.1 Å². The zero-order valence-corrected chi connectivity index (χ0v) is 17.5. The Morgan fingerprint density at radius 1 is 1.00 bits per heavy atom. The molecule has 7 nitrogen and oxygen atoms in total. The molecule has 0 spiro atoms. The number of benzene rings is 1. The summed E-state index contributed by atoms with van der Waals surface area (Å²) in [6, 6.07) is 5.70. The predicted octanol–water partition coefficient (Wildman–Crippen LogP) is 3.77. The van der Waals surface area contributed by atoms with Gasteiger partial charge in [0.2, 0.25) is 5.95 Å².